The van der Waals surface area contributed by atoms with Crippen molar-refractivity contribution in [3.63, 3.8) is 0 Å². The van der Waals surface area contributed by atoms with Gasteiger partial charge in [-0.15, -0.1) is 11.3 Å². The molecule has 1 N–H and O–H groups in total. The van der Waals surface area contributed by atoms with Crippen LogP contribution in [0.1, 0.15) is 26.4 Å². The fourth-order valence-corrected chi connectivity index (χ4v) is 4.00. The van der Waals surface area contributed by atoms with Gasteiger partial charge in [-0.2, -0.15) is 0 Å². The van der Waals surface area contributed by atoms with Gasteiger partial charge < -0.3 is 14.2 Å². The first-order valence-corrected chi connectivity index (χ1v) is 10.4. The first kappa shape index (κ1) is 21.1. The lowest BCUT2D eigenvalue weighted by Crippen LogP contribution is -2.13. The second kappa shape index (κ2) is 9.28. The van der Waals surface area contributed by atoms with E-state index in [9.17, 15) is 4.79 Å². The number of methoxy groups -OCH3 is 3. The van der Waals surface area contributed by atoms with Gasteiger partial charge >= 0.3 is 0 Å². The average Bonchev–Trinajstić information content (AvgIpc) is 3.15. The molecule has 0 fully saturated rings. The topological polar surface area (TPSA) is 69.7 Å². The number of carbonyl (C=O) groups is 1. The summed E-state index contributed by atoms with van der Waals surface area (Å²) in [7, 11) is 4.51. The van der Waals surface area contributed by atoms with E-state index in [4.69, 9.17) is 14.2 Å². The molecule has 0 bridgehead atoms. The van der Waals surface area contributed by atoms with Crippen molar-refractivity contribution in [3.8, 4) is 17.2 Å². The molecule has 152 valence electrons. The van der Waals surface area contributed by atoms with Crippen molar-refractivity contribution in [1.82, 2.24) is 4.98 Å². The zero-order valence-corrected chi connectivity index (χ0v) is 18.9. The van der Waals surface area contributed by atoms with Crippen LogP contribution in [-0.4, -0.2) is 32.2 Å². The number of hydrogen-bond acceptors (Lipinski definition) is 6. The first-order chi connectivity index (χ1) is 14.0. The zero-order chi connectivity index (χ0) is 21.0. The summed E-state index contributed by atoms with van der Waals surface area (Å²) in [6.07, 6.45) is 2.53. The monoisotopic (exact) mass is 476 g/mol. The Labute approximate surface area is 182 Å². The van der Waals surface area contributed by atoms with Crippen LogP contribution in [0.3, 0.4) is 0 Å². The van der Waals surface area contributed by atoms with Crippen LogP contribution in [0.2, 0.25) is 0 Å². The molecule has 0 spiro atoms. The Morgan fingerprint density at radius 1 is 1.10 bits per heavy atom. The second-order valence-corrected chi connectivity index (χ2v) is 8.20. The quantitative estimate of drug-likeness (QED) is 0.514. The van der Waals surface area contributed by atoms with Crippen molar-refractivity contribution in [2.75, 3.05) is 26.6 Å². The van der Waals surface area contributed by atoms with Crippen LogP contribution in [0.25, 0.3) is 0 Å². The molecule has 3 rings (SSSR count). The third-order valence-corrected chi connectivity index (χ3v) is 6.13. The highest BCUT2D eigenvalue weighted by atomic mass is 79.9. The van der Waals surface area contributed by atoms with E-state index in [2.05, 4.69) is 45.3 Å². The molecule has 1 heterocycles. The van der Waals surface area contributed by atoms with Gasteiger partial charge in [-0.05, 0) is 36.2 Å². The van der Waals surface area contributed by atoms with Gasteiger partial charge in [-0.1, -0.05) is 28.1 Å². The van der Waals surface area contributed by atoms with E-state index in [0.717, 1.165) is 15.8 Å². The maximum atomic E-state index is 12.8. The molecule has 0 atom stereocenters. The highest BCUT2D eigenvalue weighted by Crippen LogP contribution is 2.40. The van der Waals surface area contributed by atoms with E-state index in [1.54, 1.807) is 18.3 Å². The lowest BCUT2D eigenvalue weighted by Gasteiger charge is -2.15. The molecule has 0 aliphatic rings. The van der Waals surface area contributed by atoms with E-state index in [1.807, 2.05) is 6.07 Å². The maximum Gasteiger partial charge on any atom is 0.261 e. The van der Waals surface area contributed by atoms with E-state index in [-0.39, 0.29) is 5.91 Å². The van der Waals surface area contributed by atoms with Gasteiger partial charge in [0.25, 0.3) is 5.91 Å². The maximum absolute atomic E-state index is 12.8. The predicted octanol–water partition coefficient (Wildman–Crippen LogP) is 5.08. The van der Waals surface area contributed by atoms with Crippen molar-refractivity contribution in [2.24, 2.45) is 0 Å². The molecule has 29 heavy (non-hydrogen) atoms. The standard InChI is InChI=1S/C21H21BrN2O4S/c1-12-9-13(5-7-16(12)22)10-14-11-23-21(29-14)24-20(25)15-6-8-17(26-2)19(28-4)18(15)27-3/h5-9,11H,10H2,1-4H3,(H,23,24,25). The number of hydrogen-bond donors (Lipinski definition) is 1. The Kier molecular flexibility index (Phi) is 6.76. The van der Waals surface area contributed by atoms with E-state index in [1.165, 1.54) is 43.8 Å². The minimum absolute atomic E-state index is 0.312. The molecule has 0 radical (unpaired) electrons. The summed E-state index contributed by atoms with van der Waals surface area (Å²) in [4.78, 5) is 18.2. The zero-order valence-electron chi connectivity index (χ0n) is 16.5. The average molecular weight is 477 g/mol. The van der Waals surface area contributed by atoms with Gasteiger partial charge in [0.15, 0.2) is 16.6 Å². The Morgan fingerprint density at radius 2 is 1.86 bits per heavy atom. The molecular formula is C21H21BrN2O4S. The Balaban J connectivity index is 1.77. The number of nitrogens with one attached hydrogen (secondary N) is 1. The van der Waals surface area contributed by atoms with E-state index in [0.29, 0.717) is 27.9 Å². The number of aromatic nitrogens is 1. The second-order valence-electron chi connectivity index (χ2n) is 6.23. The minimum atomic E-state index is -0.330. The number of rotatable bonds is 7. The molecule has 0 aliphatic carbocycles. The SMILES string of the molecule is COc1ccc(C(=O)Nc2ncc(Cc3ccc(Br)c(C)c3)s2)c(OC)c1OC. The van der Waals surface area contributed by atoms with Gasteiger partial charge in [-0.25, -0.2) is 4.98 Å². The molecule has 1 amide bonds. The summed E-state index contributed by atoms with van der Waals surface area (Å²) >= 11 is 4.96. The van der Waals surface area contributed by atoms with Crippen molar-refractivity contribution < 1.29 is 19.0 Å². The van der Waals surface area contributed by atoms with Gasteiger partial charge in [0.05, 0.1) is 26.9 Å². The van der Waals surface area contributed by atoms with E-state index < -0.39 is 0 Å². The van der Waals surface area contributed by atoms with Crippen molar-refractivity contribution in [3.05, 3.63) is 62.6 Å². The number of thiazole rings is 1. The molecule has 0 unspecified atom stereocenters. The lowest BCUT2D eigenvalue weighted by atomic mass is 10.1. The molecule has 1 aromatic heterocycles. The summed E-state index contributed by atoms with van der Waals surface area (Å²) in [5.41, 5.74) is 2.71. The number of amides is 1. The number of aryl methyl sites for hydroxylation is 1. The fourth-order valence-electron chi connectivity index (χ4n) is 2.91. The summed E-state index contributed by atoms with van der Waals surface area (Å²) < 4.78 is 17.1. The van der Waals surface area contributed by atoms with Gasteiger partial charge in [0.2, 0.25) is 5.75 Å². The first-order valence-electron chi connectivity index (χ1n) is 8.76. The smallest absolute Gasteiger partial charge is 0.261 e. The third-order valence-electron chi connectivity index (χ3n) is 4.32. The van der Waals surface area contributed by atoms with Crippen molar-refractivity contribution in [1.29, 1.82) is 0 Å². The largest absolute Gasteiger partial charge is 0.493 e. The van der Waals surface area contributed by atoms with Crippen LogP contribution in [0.5, 0.6) is 17.2 Å². The number of carbonyl (C=O) groups excluding carboxylic acids is 1. The third kappa shape index (κ3) is 4.71. The van der Waals surface area contributed by atoms with Crippen LogP contribution >= 0.6 is 27.3 Å². The Morgan fingerprint density at radius 3 is 2.52 bits per heavy atom. The fraction of sp³-hybridized carbons (Fsp3) is 0.238. The summed E-state index contributed by atoms with van der Waals surface area (Å²) in [6, 6.07) is 9.55. The predicted molar refractivity (Wildman–Crippen MR) is 118 cm³/mol. The minimum Gasteiger partial charge on any atom is -0.493 e. The summed E-state index contributed by atoms with van der Waals surface area (Å²) in [5, 5.41) is 3.36. The highest BCUT2D eigenvalue weighted by molar-refractivity contribution is 9.10. The number of nitrogens with zero attached hydrogens (tertiary/aromatic N) is 1. The van der Waals surface area contributed by atoms with Crippen LogP contribution < -0.4 is 19.5 Å². The summed E-state index contributed by atoms with van der Waals surface area (Å²) in [5.74, 6) is 0.838. The Hall–Kier alpha value is -2.58. The number of halogens is 1. The van der Waals surface area contributed by atoms with Crippen LogP contribution in [-0.2, 0) is 6.42 Å². The normalized spacial score (nSPS) is 10.5. The van der Waals surface area contributed by atoms with Crippen molar-refractivity contribution in [2.45, 2.75) is 13.3 Å². The van der Waals surface area contributed by atoms with Crippen LogP contribution in [0.4, 0.5) is 5.13 Å². The summed E-state index contributed by atoms with van der Waals surface area (Å²) in [6.45, 7) is 2.06. The van der Waals surface area contributed by atoms with E-state index >= 15 is 0 Å². The molecule has 0 aliphatic heterocycles. The molecule has 2 aromatic carbocycles. The van der Waals surface area contributed by atoms with Gasteiger partial charge in [-0.3, -0.25) is 10.1 Å². The molecule has 0 saturated carbocycles. The highest BCUT2D eigenvalue weighted by Gasteiger charge is 2.21. The number of anilines is 1. The molecular weight excluding hydrogens is 456 g/mol. The number of ether oxygens (including phenoxy) is 3. The Bertz CT molecular complexity index is 1040. The molecule has 0 saturated heterocycles. The van der Waals surface area contributed by atoms with Crippen LogP contribution in [0.15, 0.2) is 41.0 Å². The van der Waals surface area contributed by atoms with Crippen molar-refractivity contribution >= 4 is 38.3 Å². The van der Waals surface area contributed by atoms with Gasteiger partial charge in [0.1, 0.15) is 0 Å². The molecule has 8 heteroatoms. The molecule has 3 aromatic rings. The number of benzene rings is 2. The van der Waals surface area contributed by atoms with Gasteiger partial charge in [0, 0.05) is 22.0 Å². The van der Waals surface area contributed by atoms with Crippen LogP contribution in [0, 0.1) is 6.92 Å². The lowest BCUT2D eigenvalue weighted by molar-refractivity contribution is 0.102. The molecule has 6 nitrogen and oxygen atoms in total.